The third-order valence-electron chi connectivity index (χ3n) is 6.07. The third-order valence-corrected chi connectivity index (χ3v) is 8.00. The topological polar surface area (TPSA) is 122 Å². The molecule has 1 aliphatic heterocycles. The molecule has 0 radical (unpaired) electrons. The number of carbonyl (C=O) groups is 3. The van der Waals surface area contributed by atoms with Crippen LogP contribution in [0.4, 0.5) is 20.2 Å². The Balaban J connectivity index is 1.49. The molecule has 1 aliphatic rings. The number of carbonyl (C=O) groups excluding carboxylic acids is 3. The molecule has 2 amide bonds. The molecule has 1 atom stereocenters. The minimum Gasteiger partial charge on any atom is -0.456 e. The van der Waals surface area contributed by atoms with Crippen molar-refractivity contribution in [3.63, 3.8) is 0 Å². The normalized spacial score (nSPS) is 15.2. The molecule has 3 aromatic rings. The fourth-order valence-electron chi connectivity index (χ4n) is 4.32. The Kier molecular flexibility index (Phi) is 8.36. The maximum atomic E-state index is 13.8. The number of rotatable bonds is 8. The Labute approximate surface area is 223 Å². The molecule has 0 fully saturated rings. The monoisotopic (exact) mass is 557 g/mol. The van der Waals surface area contributed by atoms with Gasteiger partial charge in [-0.3, -0.25) is 14.4 Å². The van der Waals surface area contributed by atoms with Crippen LogP contribution >= 0.6 is 0 Å². The average Bonchev–Trinajstić information content (AvgIpc) is 2.89. The van der Waals surface area contributed by atoms with Crippen LogP contribution < -0.4 is 10.6 Å². The first-order chi connectivity index (χ1) is 18.5. The summed E-state index contributed by atoms with van der Waals surface area (Å²) in [6, 6.07) is 14.5. The summed E-state index contributed by atoms with van der Waals surface area (Å²) in [5.41, 5.74) is 1.68. The minimum atomic E-state index is -4.06. The lowest BCUT2D eigenvalue weighted by atomic mass is 9.92. The Morgan fingerprint density at radius 3 is 2.41 bits per heavy atom. The minimum absolute atomic E-state index is 0.0185. The van der Waals surface area contributed by atoms with Gasteiger partial charge in [-0.15, -0.1) is 0 Å². The number of esters is 1. The van der Waals surface area contributed by atoms with Crippen LogP contribution in [0.3, 0.4) is 0 Å². The van der Waals surface area contributed by atoms with E-state index in [1.165, 1.54) is 35.5 Å². The first kappa shape index (κ1) is 27.9. The fraction of sp³-hybridized carbons (Fsp3) is 0.222. The molecular weight excluding hydrogens is 532 g/mol. The van der Waals surface area contributed by atoms with Gasteiger partial charge in [-0.25, -0.2) is 17.2 Å². The SMILES string of the molecule is CC(=O)Nc1ccc(S(=O)(=O)N2CCc3ccccc3C2CC(=O)OCC(=O)Nc2ccc(F)cc2F)cc1. The van der Waals surface area contributed by atoms with E-state index in [2.05, 4.69) is 10.6 Å². The van der Waals surface area contributed by atoms with E-state index < -0.39 is 46.2 Å². The maximum absolute atomic E-state index is 13.8. The highest BCUT2D eigenvalue weighted by Crippen LogP contribution is 2.36. The summed E-state index contributed by atoms with van der Waals surface area (Å²) in [6.45, 7) is 0.695. The highest BCUT2D eigenvalue weighted by Gasteiger charge is 2.38. The van der Waals surface area contributed by atoms with Gasteiger partial charge >= 0.3 is 5.97 Å². The van der Waals surface area contributed by atoms with Gasteiger partial charge in [0.2, 0.25) is 15.9 Å². The molecule has 12 heteroatoms. The largest absolute Gasteiger partial charge is 0.456 e. The van der Waals surface area contributed by atoms with E-state index in [0.29, 0.717) is 23.7 Å². The van der Waals surface area contributed by atoms with Crippen molar-refractivity contribution in [2.45, 2.75) is 30.7 Å². The summed E-state index contributed by atoms with van der Waals surface area (Å²) < 4.78 is 60.4. The number of hydrogen-bond donors (Lipinski definition) is 2. The molecule has 0 spiro atoms. The van der Waals surface area contributed by atoms with E-state index in [-0.39, 0.29) is 29.5 Å². The number of halogens is 2. The van der Waals surface area contributed by atoms with Crippen LogP contribution in [0.25, 0.3) is 0 Å². The first-order valence-corrected chi connectivity index (χ1v) is 13.4. The zero-order chi connectivity index (χ0) is 28.2. The predicted molar refractivity (Wildman–Crippen MR) is 138 cm³/mol. The molecule has 4 rings (SSSR count). The second-order valence-corrected chi connectivity index (χ2v) is 10.7. The molecular formula is C27H25F2N3O6S. The summed E-state index contributed by atoms with van der Waals surface area (Å²) in [5.74, 6) is -3.78. The Bertz CT molecular complexity index is 1510. The van der Waals surface area contributed by atoms with Crippen LogP contribution in [-0.2, 0) is 35.6 Å². The maximum Gasteiger partial charge on any atom is 0.308 e. The number of nitrogens with one attached hydrogen (secondary N) is 2. The lowest BCUT2D eigenvalue weighted by Crippen LogP contribution is -2.41. The highest BCUT2D eigenvalue weighted by molar-refractivity contribution is 7.89. The standard InChI is InChI=1S/C27H25F2N3O6S/c1-17(33)30-20-7-9-21(10-8-20)39(36,37)32-13-12-18-4-2-3-5-22(18)25(32)15-27(35)38-16-26(34)31-24-11-6-19(28)14-23(24)29/h2-11,14,25H,12-13,15-16H2,1H3,(H,30,33)(H,31,34). The van der Waals surface area contributed by atoms with Crippen LogP contribution in [0.2, 0.25) is 0 Å². The van der Waals surface area contributed by atoms with Gasteiger partial charge in [0.15, 0.2) is 6.61 Å². The van der Waals surface area contributed by atoms with Gasteiger partial charge in [0.05, 0.1) is 23.0 Å². The third kappa shape index (κ3) is 6.65. The van der Waals surface area contributed by atoms with E-state index in [0.717, 1.165) is 17.7 Å². The van der Waals surface area contributed by atoms with Crippen LogP contribution in [0.15, 0.2) is 71.6 Å². The molecule has 0 saturated carbocycles. The Hall–Kier alpha value is -4.16. The van der Waals surface area contributed by atoms with E-state index in [1.54, 1.807) is 12.1 Å². The lowest BCUT2D eigenvalue weighted by molar-refractivity contribution is -0.148. The zero-order valence-corrected chi connectivity index (χ0v) is 21.6. The van der Waals surface area contributed by atoms with Gasteiger partial charge in [0.25, 0.3) is 5.91 Å². The van der Waals surface area contributed by atoms with Crippen molar-refractivity contribution < 1.29 is 36.3 Å². The van der Waals surface area contributed by atoms with Crippen LogP contribution in [0.1, 0.15) is 30.5 Å². The zero-order valence-electron chi connectivity index (χ0n) is 20.8. The molecule has 1 unspecified atom stereocenters. The van der Waals surface area contributed by atoms with Crippen molar-refractivity contribution in [1.29, 1.82) is 0 Å². The summed E-state index contributed by atoms with van der Waals surface area (Å²) in [7, 11) is -4.06. The van der Waals surface area contributed by atoms with Crippen LogP contribution in [0, 0.1) is 11.6 Å². The summed E-state index contributed by atoms with van der Waals surface area (Å²) in [6.07, 6.45) is 0.0506. The Morgan fingerprint density at radius 2 is 1.72 bits per heavy atom. The first-order valence-electron chi connectivity index (χ1n) is 11.9. The average molecular weight is 558 g/mol. The van der Waals surface area contributed by atoms with Gasteiger partial charge in [-0.1, -0.05) is 24.3 Å². The van der Waals surface area contributed by atoms with E-state index in [4.69, 9.17) is 4.74 Å². The van der Waals surface area contributed by atoms with Gasteiger partial charge < -0.3 is 15.4 Å². The van der Waals surface area contributed by atoms with Crippen LogP contribution in [0.5, 0.6) is 0 Å². The molecule has 0 aliphatic carbocycles. The molecule has 2 N–H and O–H groups in total. The fourth-order valence-corrected chi connectivity index (χ4v) is 5.92. The van der Waals surface area contributed by atoms with Crippen molar-refractivity contribution in [3.05, 3.63) is 89.5 Å². The summed E-state index contributed by atoms with van der Waals surface area (Å²) in [5, 5.41) is 4.77. The van der Waals surface area contributed by atoms with Gasteiger partial charge in [0, 0.05) is 25.2 Å². The highest BCUT2D eigenvalue weighted by atomic mass is 32.2. The van der Waals surface area contributed by atoms with Gasteiger partial charge in [-0.05, 0) is 53.9 Å². The van der Waals surface area contributed by atoms with Gasteiger partial charge in [0.1, 0.15) is 11.6 Å². The lowest BCUT2D eigenvalue weighted by Gasteiger charge is -2.36. The number of nitrogens with zero attached hydrogens (tertiary/aromatic N) is 1. The van der Waals surface area contributed by atoms with Crippen molar-refractivity contribution >= 4 is 39.2 Å². The molecule has 0 saturated heterocycles. The number of benzene rings is 3. The number of fused-ring (bicyclic) bond motifs is 1. The van der Waals surface area contributed by atoms with E-state index >= 15 is 0 Å². The molecule has 204 valence electrons. The van der Waals surface area contributed by atoms with E-state index in [9.17, 15) is 31.6 Å². The van der Waals surface area contributed by atoms with Crippen molar-refractivity contribution in [3.8, 4) is 0 Å². The number of hydrogen-bond acceptors (Lipinski definition) is 6. The van der Waals surface area contributed by atoms with Crippen molar-refractivity contribution in [2.24, 2.45) is 0 Å². The van der Waals surface area contributed by atoms with Gasteiger partial charge in [-0.2, -0.15) is 4.31 Å². The molecule has 3 aromatic carbocycles. The molecule has 0 bridgehead atoms. The second kappa shape index (κ2) is 11.7. The molecule has 39 heavy (non-hydrogen) atoms. The number of sulfonamides is 1. The van der Waals surface area contributed by atoms with Crippen molar-refractivity contribution in [2.75, 3.05) is 23.8 Å². The molecule has 1 heterocycles. The molecule has 9 nitrogen and oxygen atoms in total. The number of ether oxygens (including phenoxy) is 1. The van der Waals surface area contributed by atoms with Crippen LogP contribution in [-0.4, -0.2) is 43.7 Å². The predicted octanol–water partition coefficient (Wildman–Crippen LogP) is 3.78. The number of amides is 2. The summed E-state index contributed by atoms with van der Waals surface area (Å²) in [4.78, 5) is 36.2. The smallest absolute Gasteiger partial charge is 0.308 e. The second-order valence-electron chi connectivity index (χ2n) is 8.82. The Morgan fingerprint density at radius 1 is 1.00 bits per heavy atom. The quantitative estimate of drug-likeness (QED) is 0.407. The summed E-state index contributed by atoms with van der Waals surface area (Å²) >= 11 is 0. The van der Waals surface area contributed by atoms with E-state index in [1.807, 2.05) is 12.1 Å². The number of anilines is 2. The molecule has 0 aromatic heterocycles. The van der Waals surface area contributed by atoms with Crippen molar-refractivity contribution in [1.82, 2.24) is 4.31 Å².